The average molecular weight is 963 g/mol. The number of aliphatic hydroxyl groups is 13. The van der Waals surface area contributed by atoms with E-state index in [4.69, 9.17) is 28.4 Å². The predicted molar refractivity (Wildman–Crippen MR) is 235 cm³/mol. The summed E-state index contributed by atoms with van der Waals surface area (Å²) in [6, 6.07) is 0. The van der Waals surface area contributed by atoms with Gasteiger partial charge in [0.1, 0.15) is 73.2 Å². The standard InChI is InChI=1S/C48H82O19/c1-23(2)8-7-13-48(21-52)17-16-46(5)24(40(48)61)9-10-29-44(3)14-12-30(45(4,28(44)11-15-47(29,46)6)22-62-41-37(59)34(56)31(53)25(18-49)63-41)66-43-39(36(58)33(55)27(20-51)65-43)67-42-38(60)35(57)32(54)26(19-50)64-42/h8,24-43,49-61H,7,9-22H2,1-6H3. The molecule has 25 unspecified atom stereocenters. The number of hydrogen-bond acceptors (Lipinski definition) is 19. The van der Waals surface area contributed by atoms with E-state index in [-0.39, 0.29) is 47.2 Å². The minimum absolute atomic E-state index is 0.0348. The zero-order valence-electron chi connectivity index (χ0n) is 40.0. The minimum Gasteiger partial charge on any atom is -0.396 e. The van der Waals surface area contributed by atoms with Crippen LogP contribution in [0.4, 0.5) is 0 Å². The zero-order chi connectivity index (χ0) is 49.2. The fraction of sp³-hybridized carbons (Fsp3) is 0.958. The quantitative estimate of drug-likeness (QED) is 0.0730. The summed E-state index contributed by atoms with van der Waals surface area (Å²) in [5.74, 6) is -0.0584. The third-order valence-corrected chi connectivity index (χ3v) is 19.0. The summed E-state index contributed by atoms with van der Waals surface area (Å²) in [7, 11) is 0. The van der Waals surface area contributed by atoms with E-state index in [1.807, 2.05) is 6.92 Å². The van der Waals surface area contributed by atoms with Crippen LogP contribution in [0.25, 0.3) is 0 Å². The SMILES string of the molecule is CC(C)=CCCC1(CO)CCC2(C)C(CCC3C4(C)CCC(OC5OC(CO)C(O)C(O)C5OC5OC(CO)C(O)C(O)C5O)C(C)(COC5OC(CO)C(O)C(O)C5O)C4CCC32C)C1O. The van der Waals surface area contributed by atoms with Crippen molar-refractivity contribution in [2.45, 2.75) is 210 Å². The maximum atomic E-state index is 12.3. The van der Waals surface area contributed by atoms with Gasteiger partial charge in [-0.15, -0.1) is 0 Å². The Balaban J connectivity index is 1.21. The van der Waals surface area contributed by atoms with Crippen LogP contribution in [0.15, 0.2) is 11.6 Å². The Labute approximate surface area is 393 Å². The Morgan fingerprint density at radius 3 is 1.72 bits per heavy atom. The molecule has 7 rings (SSSR count). The molecule has 0 aromatic heterocycles. The molecule has 0 aromatic rings. The molecular formula is C48H82O19. The van der Waals surface area contributed by atoms with Gasteiger partial charge in [-0.1, -0.05) is 39.3 Å². The van der Waals surface area contributed by atoms with Crippen LogP contribution in [0.5, 0.6) is 0 Å². The van der Waals surface area contributed by atoms with Crippen molar-refractivity contribution < 1.29 is 94.8 Å². The summed E-state index contributed by atoms with van der Waals surface area (Å²) in [4.78, 5) is 0. The molecule has 3 saturated heterocycles. The molecule has 0 radical (unpaired) electrons. The van der Waals surface area contributed by atoms with Gasteiger partial charge in [0.15, 0.2) is 18.9 Å². The van der Waals surface area contributed by atoms with E-state index in [9.17, 15) is 66.4 Å². The van der Waals surface area contributed by atoms with Crippen molar-refractivity contribution >= 4 is 0 Å². The highest BCUT2D eigenvalue weighted by Gasteiger charge is 2.71. The van der Waals surface area contributed by atoms with Crippen LogP contribution >= 0.6 is 0 Å². The number of ether oxygens (including phenoxy) is 6. The van der Waals surface area contributed by atoms with Gasteiger partial charge in [-0.3, -0.25) is 0 Å². The Morgan fingerprint density at radius 1 is 0.567 bits per heavy atom. The van der Waals surface area contributed by atoms with Gasteiger partial charge < -0.3 is 94.8 Å². The van der Waals surface area contributed by atoms with Crippen molar-refractivity contribution in [2.75, 3.05) is 33.0 Å². The van der Waals surface area contributed by atoms with Gasteiger partial charge >= 0.3 is 0 Å². The lowest BCUT2D eigenvalue weighted by atomic mass is 9.33. The van der Waals surface area contributed by atoms with Crippen molar-refractivity contribution in [3.63, 3.8) is 0 Å². The van der Waals surface area contributed by atoms with Gasteiger partial charge in [0, 0.05) is 10.8 Å². The third kappa shape index (κ3) is 9.13. The van der Waals surface area contributed by atoms with Crippen molar-refractivity contribution in [3.05, 3.63) is 11.6 Å². The molecule has 0 amide bonds. The fourth-order valence-electron chi connectivity index (χ4n) is 14.7. The smallest absolute Gasteiger partial charge is 0.187 e. The maximum absolute atomic E-state index is 12.3. The number of allylic oxidation sites excluding steroid dienone is 2. The highest BCUT2D eigenvalue weighted by molar-refractivity contribution is 5.19. The Morgan fingerprint density at radius 2 is 1.13 bits per heavy atom. The molecule has 19 heteroatoms. The maximum Gasteiger partial charge on any atom is 0.187 e. The van der Waals surface area contributed by atoms with Gasteiger partial charge in [0.05, 0.1) is 45.2 Å². The molecule has 7 fully saturated rings. The third-order valence-electron chi connectivity index (χ3n) is 19.0. The van der Waals surface area contributed by atoms with E-state index < -0.39 is 135 Å². The van der Waals surface area contributed by atoms with Crippen LogP contribution in [-0.4, -0.2) is 204 Å². The van der Waals surface area contributed by atoms with E-state index in [1.54, 1.807) is 0 Å². The second-order valence-corrected chi connectivity index (χ2v) is 22.6. The molecule has 0 aromatic carbocycles. The molecule has 4 saturated carbocycles. The average Bonchev–Trinajstić information content (AvgIpc) is 3.29. The number of fused-ring (bicyclic) bond motifs is 5. The summed E-state index contributed by atoms with van der Waals surface area (Å²) in [5, 5.41) is 140. The van der Waals surface area contributed by atoms with Crippen molar-refractivity contribution in [2.24, 2.45) is 44.8 Å². The largest absolute Gasteiger partial charge is 0.396 e. The Hall–Kier alpha value is -1.02. The van der Waals surface area contributed by atoms with Crippen LogP contribution in [-0.2, 0) is 28.4 Å². The molecule has 3 heterocycles. The van der Waals surface area contributed by atoms with Crippen molar-refractivity contribution in [1.29, 1.82) is 0 Å². The van der Waals surface area contributed by atoms with Crippen LogP contribution < -0.4 is 0 Å². The molecule has 0 bridgehead atoms. The van der Waals surface area contributed by atoms with Crippen molar-refractivity contribution in [1.82, 2.24) is 0 Å². The summed E-state index contributed by atoms with van der Waals surface area (Å²) >= 11 is 0. The molecule has 25 atom stereocenters. The molecule has 67 heavy (non-hydrogen) atoms. The number of hydrogen-bond donors (Lipinski definition) is 13. The lowest BCUT2D eigenvalue weighted by molar-refractivity contribution is -0.382. The second-order valence-electron chi connectivity index (χ2n) is 22.6. The molecule has 13 N–H and O–H groups in total. The van der Waals surface area contributed by atoms with Crippen LogP contribution in [0.2, 0.25) is 0 Å². The van der Waals surface area contributed by atoms with E-state index >= 15 is 0 Å². The molecule has 3 aliphatic heterocycles. The van der Waals surface area contributed by atoms with E-state index in [1.165, 1.54) is 5.57 Å². The fourth-order valence-corrected chi connectivity index (χ4v) is 14.7. The first-order valence-corrected chi connectivity index (χ1v) is 24.6. The van der Waals surface area contributed by atoms with E-state index in [0.717, 1.165) is 32.1 Å². The van der Waals surface area contributed by atoms with Gasteiger partial charge in [0.2, 0.25) is 0 Å². The van der Waals surface area contributed by atoms with Crippen LogP contribution in [0.1, 0.15) is 106 Å². The van der Waals surface area contributed by atoms with Gasteiger partial charge in [-0.25, -0.2) is 0 Å². The van der Waals surface area contributed by atoms with Crippen LogP contribution in [0.3, 0.4) is 0 Å². The highest BCUT2D eigenvalue weighted by atomic mass is 16.8. The van der Waals surface area contributed by atoms with Gasteiger partial charge in [-0.2, -0.15) is 0 Å². The molecule has 7 aliphatic rings. The normalized spacial score (nSPS) is 53.5. The topological polar surface area (TPSA) is 318 Å². The second kappa shape index (κ2) is 20.5. The van der Waals surface area contributed by atoms with Crippen LogP contribution in [0, 0.1) is 44.8 Å². The van der Waals surface area contributed by atoms with Crippen molar-refractivity contribution in [3.8, 4) is 0 Å². The minimum atomic E-state index is -1.87. The molecular weight excluding hydrogens is 881 g/mol. The Kier molecular flexibility index (Phi) is 16.4. The summed E-state index contributed by atoms with van der Waals surface area (Å²) in [5.41, 5.74) is -1.28. The zero-order valence-corrected chi connectivity index (χ0v) is 40.0. The monoisotopic (exact) mass is 963 g/mol. The number of aliphatic hydroxyl groups excluding tert-OH is 13. The Bertz CT molecular complexity index is 1680. The first-order valence-electron chi connectivity index (χ1n) is 24.6. The van der Waals surface area contributed by atoms with E-state index in [0.29, 0.717) is 32.1 Å². The predicted octanol–water partition coefficient (Wildman–Crippen LogP) is -1.05. The van der Waals surface area contributed by atoms with Gasteiger partial charge in [0.25, 0.3) is 0 Å². The first-order chi connectivity index (χ1) is 31.5. The molecule has 388 valence electrons. The lowest BCUT2D eigenvalue weighted by Crippen LogP contribution is -2.69. The summed E-state index contributed by atoms with van der Waals surface area (Å²) in [6.07, 6.45) is -16.5. The summed E-state index contributed by atoms with van der Waals surface area (Å²) in [6.45, 7) is 10.7. The van der Waals surface area contributed by atoms with E-state index in [2.05, 4.69) is 40.7 Å². The number of rotatable bonds is 14. The molecule has 4 aliphatic carbocycles. The van der Waals surface area contributed by atoms with Gasteiger partial charge in [-0.05, 0) is 112 Å². The molecule has 0 spiro atoms. The first kappa shape index (κ1) is 53.8. The highest BCUT2D eigenvalue weighted by Crippen LogP contribution is 2.75. The lowest BCUT2D eigenvalue weighted by Gasteiger charge is -2.72. The molecule has 19 nitrogen and oxygen atoms in total. The summed E-state index contributed by atoms with van der Waals surface area (Å²) < 4.78 is 36.9.